The molecule has 1 fully saturated rings. The van der Waals surface area contributed by atoms with Gasteiger partial charge in [-0.3, -0.25) is 19.1 Å². The zero-order chi connectivity index (χ0) is 22.5. The maximum absolute atomic E-state index is 12.7. The van der Waals surface area contributed by atoms with Crippen LogP contribution < -0.4 is 10.9 Å². The number of aromatic nitrogens is 2. The smallest absolute Gasteiger partial charge is 0.261 e. The number of benzene rings is 2. The largest absolute Gasteiger partial charge is 0.352 e. The van der Waals surface area contributed by atoms with Gasteiger partial charge in [-0.15, -0.1) is 0 Å². The lowest BCUT2D eigenvalue weighted by Gasteiger charge is -2.32. The zero-order valence-corrected chi connectivity index (χ0v) is 19.8. The van der Waals surface area contributed by atoms with Gasteiger partial charge in [0.15, 0.2) is 0 Å². The molecule has 1 aliphatic rings. The zero-order valence-electron chi connectivity index (χ0n) is 18.3. The standard InChI is InChI=1S/C24H28BrN5O2/c1-28-9-11-29(12-10-28)16-19-4-2-3-18(13-19)15-26-23(31)7-8-30-17-27-22-6-5-20(25)14-21(22)24(30)32/h2-6,13-14,17H,7-12,15-16H2,1H3,(H,26,31). The first-order valence-electron chi connectivity index (χ1n) is 10.9. The number of hydrogen-bond acceptors (Lipinski definition) is 5. The molecule has 0 bridgehead atoms. The first kappa shape index (κ1) is 22.6. The maximum Gasteiger partial charge on any atom is 0.261 e. The lowest BCUT2D eigenvalue weighted by Crippen LogP contribution is -2.43. The minimum Gasteiger partial charge on any atom is -0.352 e. The predicted octanol–water partition coefficient (Wildman–Crippen LogP) is 2.61. The third-order valence-electron chi connectivity index (χ3n) is 5.85. The molecule has 2 aromatic carbocycles. The van der Waals surface area contributed by atoms with Crippen molar-refractivity contribution >= 4 is 32.7 Å². The summed E-state index contributed by atoms with van der Waals surface area (Å²) < 4.78 is 2.32. The Bertz CT molecular complexity index is 1150. The summed E-state index contributed by atoms with van der Waals surface area (Å²) in [6.45, 7) is 6.07. The number of hydrogen-bond donors (Lipinski definition) is 1. The van der Waals surface area contributed by atoms with Crippen molar-refractivity contribution < 1.29 is 4.79 Å². The molecule has 4 rings (SSSR count). The number of carbonyl (C=O) groups excluding carboxylic acids is 1. The highest BCUT2D eigenvalue weighted by Gasteiger charge is 2.14. The van der Waals surface area contributed by atoms with Crippen molar-refractivity contribution in [1.82, 2.24) is 24.7 Å². The van der Waals surface area contributed by atoms with Crippen molar-refractivity contribution in [2.75, 3.05) is 33.2 Å². The number of nitrogens with zero attached hydrogens (tertiary/aromatic N) is 4. The van der Waals surface area contributed by atoms with Crippen LogP contribution in [-0.4, -0.2) is 58.5 Å². The molecule has 7 nitrogen and oxygen atoms in total. The SMILES string of the molecule is CN1CCN(Cc2cccc(CNC(=O)CCn3cnc4ccc(Br)cc4c3=O)c2)CC1. The van der Waals surface area contributed by atoms with E-state index in [1.54, 1.807) is 12.1 Å². The average Bonchev–Trinajstić information content (AvgIpc) is 2.79. The molecule has 0 atom stereocenters. The number of amides is 1. The van der Waals surface area contributed by atoms with Gasteiger partial charge in [-0.05, 0) is 36.4 Å². The summed E-state index contributed by atoms with van der Waals surface area (Å²) in [7, 11) is 2.16. The monoisotopic (exact) mass is 497 g/mol. The van der Waals surface area contributed by atoms with E-state index in [1.165, 1.54) is 16.5 Å². The van der Waals surface area contributed by atoms with Gasteiger partial charge in [0.05, 0.1) is 17.2 Å². The number of piperazine rings is 1. The lowest BCUT2D eigenvalue weighted by molar-refractivity contribution is -0.121. The minimum atomic E-state index is -0.138. The van der Waals surface area contributed by atoms with Crippen molar-refractivity contribution in [1.29, 1.82) is 0 Å². The third-order valence-corrected chi connectivity index (χ3v) is 6.34. The summed E-state index contributed by atoms with van der Waals surface area (Å²) in [5.41, 5.74) is 2.86. The van der Waals surface area contributed by atoms with Gasteiger partial charge in [0.1, 0.15) is 0 Å². The van der Waals surface area contributed by atoms with Gasteiger partial charge in [-0.2, -0.15) is 0 Å². The molecule has 1 aromatic heterocycles. The van der Waals surface area contributed by atoms with Gasteiger partial charge < -0.3 is 10.2 Å². The summed E-state index contributed by atoms with van der Waals surface area (Å²) >= 11 is 3.39. The van der Waals surface area contributed by atoms with E-state index in [0.717, 1.165) is 42.8 Å². The van der Waals surface area contributed by atoms with E-state index in [4.69, 9.17) is 0 Å². The van der Waals surface area contributed by atoms with Gasteiger partial charge in [0, 0.05) is 56.7 Å². The summed E-state index contributed by atoms with van der Waals surface area (Å²) in [5, 5.41) is 3.51. The Kier molecular flexibility index (Phi) is 7.34. The van der Waals surface area contributed by atoms with Crippen LogP contribution in [0.3, 0.4) is 0 Å². The topological polar surface area (TPSA) is 70.5 Å². The second-order valence-electron chi connectivity index (χ2n) is 8.33. The fourth-order valence-corrected chi connectivity index (χ4v) is 4.26. The summed E-state index contributed by atoms with van der Waals surface area (Å²) in [6.07, 6.45) is 1.73. The van der Waals surface area contributed by atoms with Crippen LogP contribution in [0.2, 0.25) is 0 Å². The van der Waals surface area contributed by atoms with E-state index < -0.39 is 0 Å². The lowest BCUT2D eigenvalue weighted by atomic mass is 10.1. The van der Waals surface area contributed by atoms with Crippen LogP contribution in [0, 0.1) is 0 Å². The molecule has 0 saturated carbocycles. The minimum absolute atomic E-state index is 0.0873. The molecule has 1 N–H and O–H groups in total. The molecule has 1 saturated heterocycles. The van der Waals surface area contributed by atoms with Crippen molar-refractivity contribution in [2.24, 2.45) is 0 Å². The van der Waals surface area contributed by atoms with Crippen LogP contribution in [0.5, 0.6) is 0 Å². The van der Waals surface area contributed by atoms with Crippen LogP contribution >= 0.6 is 15.9 Å². The molecular formula is C24H28BrN5O2. The fraction of sp³-hybridized carbons (Fsp3) is 0.375. The molecule has 32 heavy (non-hydrogen) atoms. The van der Waals surface area contributed by atoms with Crippen molar-refractivity contribution in [3.05, 3.63) is 74.7 Å². The van der Waals surface area contributed by atoms with E-state index in [-0.39, 0.29) is 17.9 Å². The Balaban J connectivity index is 1.29. The number of rotatable bonds is 7. The number of nitrogens with one attached hydrogen (secondary N) is 1. The predicted molar refractivity (Wildman–Crippen MR) is 129 cm³/mol. The number of carbonyl (C=O) groups is 1. The highest BCUT2D eigenvalue weighted by molar-refractivity contribution is 9.10. The summed E-state index contributed by atoms with van der Waals surface area (Å²) in [5.74, 6) is -0.0873. The molecule has 2 heterocycles. The summed E-state index contributed by atoms with van der Waals surface area (Å²) in [6, 6.07) is 13.8. The molecule has 168 valence electrons. The highest BCUT2D eigenvalue weighted by atomic mass is 79.9. The highest BCUT2D eigenvalue weighted by Crippen LogP contribution is 2.15. The number of fused-ring (bicyclic) bond motifs is 1. The number of likely N-dealkylation sites (N-methyl/N-ethyl adjacent to an activating group) is 1. The van der Waals surface area contributed by atoms with Gasteiger partial charge in [0.2, 0.25) is 5.91 Å². The number of aryl methyl sites for hydroxylation is 1. The quantitative estimate of drug-likeness (QED) is 0.543. The van der Waals surface area contributed by atoms with Crippen LogP contribution in [-0.2, 0) is 24.4 Å². The molecule has 8 heteroatoms. The summed E-state index contributed by atoms with van der Waals surface area (Å²) in [4.78, 5) is 34.2. The Hall–Kier alpha value is -2.55. The third kappa shape index (κ3) is 5.82. The van der Waals surface area contributed by atoms with Crippen molar-refractivity contribution in [2.45, 2.75) is 26.1 Å². The molecule has 1 aliphatic heterocycles. The molecule has 0 unspecified atom stereocenters. The van der Waals surface area contributed by atoms with Crippen molar-refractivity contribution in [3.8, 4) is 0 Å². The second-order valence-corrected chi connectivity index (χ2v) is 9.25. The van der Waals surface area contributed by atoms with Gasteiger partial charge in [-0.1, -0.05) is 40.2 Å². The Morgan fingerprint density at radius 2 is 1.88 bits per heavy atom. The van der Waals surface area contributed by atoms with Crippen LogP contribution in [0.25, 0.3) is 10.9 Å². The second kappa shape index (κ2) is 10.4. The van der Waals surface area contributed by atoms with Crippen LogP contribution in [0.4, 0.5) is 0 Å². The molecule has 3 aromatic rings. The molecule has 0 spiro atoms. The Morgan fingerprint density at radius 3 is 2.69 bits per heavy atom. The van der Waals surface area contributed by atoms with E-state index in [2.05, 4.69) is 55.2 Å². The maximum atomic E-state index is 12.7. The van der Waals surface area contributed by atoms with Gasteiger partial charge in [0.25, 0.3) is 5.56 Å². The van der Waals surface area contributed by atoms with Crippen LogP contribution in [0.1, 0.15) is 17.5 Å². The number of halogens is 1. The average molecular weight is 498 g/mol. The first-order chi connectivity index (χ1) is 15.5. The molecule has 0 aliphatic carbocycles. The fourth-order valence-electron chi connectivity index (χ4n) is 3.90. The van der Waals surface area contributed by atoms with E-state index in [1.807, 2.05) is 18.2 Å². The molecular weight excluding hydrogens is 470 g/mol. The molecule has 1 amide bonds. The Morgan fingerprint density at radius 1 is 1.09 bits per heavy atom. The normalized spacial score (nSPS) is 15.2. The van der Waals surface area contributed by atoms with E-state index in [0.29, 0.717) is 24.0 Å². The first-order valence-corrected chi connectivity index (χ1v) is 11.7. The Labute approximate surface area is 196 Å². The van der Waals surface area contributed by atoms with Crippen molar-refractivity contribution in [3.63, 3.8) is 0 Å². The van der Waals surface area contributed by atoms with E-state index in [9.17, 15) is 9.59 Å². The molecule has 0 radical (unpaired) electrons. The van der Waals surface area contributed by atoms with Gasteiger partial charge >= 0.3 is 0 Å². The van der Waals surface area contributed by atoms with Gasteiger partial charge in [-0.25, -0.2) is 4.98 Å². The van der Waals surface area contributed by atoms with E-state index >= 15 is 0 Å². The van der Waals surface area contributed by atoms with Crippen LogP contribution in [0.15, 0.2) is 58.1 Å².